The van der Waals surface area contributed by atoms with Gasteiger partial charge >= 0.3 is 0 Å². The maximum Gasteiger partial charge on any atom is 0.174 e. The molecular formula is C29H36ClN5S. The molecule has 0 radical (unpaired) electrons. The molecule has 1 aromatic carbocycles. The summed E-state index contributed by atoms with van der Waals surface area (Å²) in [5.41, 5.74) is 4.24. The third-order valence-electron chi connectivity index (χ3n) is 7.35. The van der Waals surface area contributed by atoms with E-state index in [1.54, 1.807) is 0 Å². The molecule has 5 nitrogen and oxygen atoms in total. The van der Waals surface area contributed by atoms with Crippen molar-refractivity contribution in [3.05, 3.63) is 77.3 Å². The first-order chi connectivity index (χ1) is 17.1. The molecule has 0 saturated carbocycles. The number of nitrogens with zero attached hydrogens (tertiary/aromatic N) is 4. The molecule has 5 rings (SSSR count). The average Bonchev–Trinajstić information content (AvgIpc) is 3.43. The maximum atomic E-state index is 6.95. The number of aromatic nitrogens is 2. The minimum absolute atomic E-state index is 0.0101. The second kappa shape index (κ2) is 9.71. The number of halogens is 1. The third-order valence-corrected chi connectivity index (χ3v) is 7.97. The Balaban J connectivity index is 1.53. The summed E-state index contributed by atoms with van der Waals surface area (Å²) >= 11 is 12.9. The second-order valence-electron chi connectivity index (χ2n) is 11.5. The Morgan fingerprint density at radius 3 is 2.42 bits per heavy atom. The summed E-state index contributed by atoms with van der Waals surface area (Å²) in [7, 11) is 0. The highest BCUT2D eigenvalue weighted by molar-refractivity contribution is 7.80. The number of nitrogens with one attached hydrogen (secondary N) is 1. The number of hydrogen-bond acceptors (Lipinski definition) is 3. The first kappa shape index (κ1) is 25.1. The van der Waals surface area contributed by atoms with Crippen LogP contribution in [0.4, 0.5) is 11.4 Å². The van der Waals surface area contributed by atoms with Crippen molar-refractivity contribution in [1.29, 1.82) is 0 Å². The van der Waals surface area contributed by atoms with E-state index in [2.05, 4.69) is 102 Å². The van der Waals surface area contributed by atoms with Crippen molar-refractivity contribution in [3.63, 3.8) is 0 Å². The van der Waals surface area contributed by atoms with Crippen LogP contribution in [-0.2, 0) is 5.54 Å². The predicted octanol–water partition coefficient (Wildman–Crippen LogP) is 6.95. The van der Waals surface area contributed by atoms with E-state index in [9.17, 15) is 0 Å². The van der Waals surface area contributed by atoms with Gasteiger partial charge in [-0.1, -0.05) is 31.5 Å². The Hall–Kier alpha value is -2.57. The van der Waals surface area contributed by atoms with Crippen molar-refractivity contribution < 1.29 is 0 Å². The van der Waals surface area contributed by atoms with E-state index in [0.717, 1.165) is 35.2 Å². The van der Waals surface area contributed by atoms with E-state index in [1.165, 1.54) is 12.0 Å². The zero-order valence-corrected chi connectivity index (χ0v) is 23.4. The lowest BCUT2D eigenvalue weighted by atomic mass is 9.91. The normalized spacial score (nSPS) is 24.8. The lowest BCUT2D eigenvalue weighted by Gasteiger charge is -2.37. The van der Waals surface area contributed by atoms with Crippen LogP contribution >= 0.6 is 23.8 Å². The van der Waals surface area contributed by atoms with Gasteiger partial charge in [-0.2, -0.15) is 0 Å². The molecule has 2 aromatic heterocycles. The molecule has 3 aromatic rings. The summed E-state index contributed by atoms with van der Waals surface area (Å²) in [6, 6.07) is 14.5. The van der Waals surface area contributed by atoms with Crippen LogP contribution in [0, 0.1) is 11.8 Å². The minimum atomic E-state index is -0.0724. The monoisotopic (exact) mass is 521 g/mol. The molecule has 7 heteroatoms. The number of rotatable bonds is 4. The molecule has 2 aliphatic rings. The van der Waals surface area contributed by atoms with Gasteiger partial charge in [-0.15, -0.1) is 0 Å². The zero-order chi connectivity index (χ0) is 25.6. The number of benzene rings is 1. The van der Waals surface area contributed by atoms with E-state index in [4.69, 9.17) is 23.8 Å². The summed E-state index contributed by atoms with van der Waals surface area (Å²) < 4.78 is 2.26. The maximum absolute atomic E-state index is 6.95. The van der Waals surface area contributed by atoms with E-state index >= 15 is 0 Å². The fourth-order valence-electron chi connectivity index (χ4n) is 5.74. The standard InChI is InChI=1S/C29H36ClN5S/c1-19-14-20(2)17-33(16-19)25-10-9-22(15-23(25)30)35-27(21-11-13-34(18-21)29(3,4)5)26(32-28(35)36)24-8-6-7-12-31-24/h6-13,15,18-20,26-27H,14,16-17H2,1-5H3,(H,32,36)/t19-,20+,26-,27-/m0/s1. The van der Waals surface area contributed by atoms with Crippen molar-refractivity contribution >= 4 is 40.3 Å². The van der Waals surface area contributed by atoms with Crippen molar-refractivity contribution in [3.8, 4) is 0 Å². The molecule has 0 bridgehead atoms. The Kier molecular flexibility index (Phi) is 6.77. The molecule has 2 saturated heterocycles. The fourth-order valence-corrected chi connectivity index (χ4v) is 6.38. The lowest BCUT2D eigenvalue weighted by Crippen LogP contribution is -2.38. The smallest absolute Gasteiger partial charge is 0.174 e. The minimum Gasteiger partial charge on any atom is -0.370 e. The molecule has 36 heavy (non-hydrogen) atoms. The van der Waals surface area contributed by atoms with E-state index in [0.29, 0.717) is 16.9 Å². The van der Waals surface area contributed by atoms with Gasteiger partial charge in [0.2, 0.25) is 0 Å². The van der Waals surface area contributed by atoms with Crippen LogP contribution in [0.5, 0.6) is 0 Å². The van der Waals surface area contributed by atoms with E-state index < -0.39 is 0 Å². The van der Waals surface area contributed by atoms with Gasteiger partial charge in [0, 0.05) is 42.9 Å². The Morgan fingerprint density at radius 1 is 1.06 bits per heavy atom. The lowest BCUT2D eigenvalue weighted by molar-refractivity contribution is 0.357. The number of thiocarbonyl (C=S) groups is 1. The van der Waals surface area contributed by atoms with Crippen molar-refractivity contribution in [2.45, 2.75) is 58.7 Å². The first-order valence-electron chi connectivity index (χ1n) is 12.9. The molecule has 0 unspecified atom stereocenters. The van der Waals surface area contributed by atoms with Gasteiger partial charge in [-0.05, 0) is 93.2 Å². The van der Waals surface area contributed by atoms with Crippen molar-refractivity contribution in [1.82, 2.24) is 14.9 Å². The van der Waals surface area contributed by atoms with Crippen LogP contribution in [0.3, 0.4) is 0 Å². The molecule has 190 valence electrons. The quantitative estimate of drug-likeness (QED) is 0.376. The van der Waals surface area contributed by atoms with Crippen LogP contribution in [0.25, 0.3) is 0 Å². The Labute approximate surface area is 225 Å². The van der Waals surface area contributed by atoms with Gasteiger partial charge in [-0.25, -0.2) is 0 Å². The summed E-state index contributed by atoms with van der Waals surface area (Å²) in [6.45, 7) is 13.4. The van der Waals surface area contributed by atoms with Crippen LogP contribution in [0.15, 0.2) is 61.1 Å². The molecule has 0 spiro atoms. The van der Waals surface area contributed by atoms with Crippen LogP contribution in [0.1, 0.15) is 64.4 Å². The van der Waals surface area contributed by atoms with Crippen LogP contribution in [0.2, 0.25) is 5.02 Å². The fraction of sp³-hybridized carbons (Fsp3) is 0.448. The molecule has 4 atom stereocenters. The zero-order valence-electron chi connectivity index (χ0n) is 21.8. The molecular weight excluding hydrogens is 486 g/mol. The van der Waals surface area contributed by atoms with Gasteiger partial charge in [0.1, 0.15) is 0 Å². The molecule has 2 fully saturated rings. The van der Waals surface area contributed by atoms with Gasteiger partial charge in [-0.3, -0.25) is 4.98 Å². The average molecular weight is 522 g/mol. The first-order valence-corrected chi connectivity index (χ1v) is 13.6. The summed E-state index contributed by atoms with van der Waals surface area (Å²) in [6.07, 6.45) is 7.49. The Bertz CT molecular complexity index is 1220. The summed E-state index contributed by atoms with van der Waals surface area (Å²) in [5.74, 6) is 1.32. The summed E-state index contributed by atoms with van der Waals surface area (Å²) in [5, 5.41) is 5.01. The molecule has 2 aliphatic heterocycles. The molecule has 0 aliphatic carbocycles. The topological polar surface area (TPSA) is 36.3 Å². The van der Waals surface area contributed by atoms with Crippen molar-refractivity contribution in [2.75, 3.05) is 22.9 Å². The Morgan fingerprint density at radius 2 is 1.81 bits per heavy atom. The molecule has 1 N–H and O–H groups in total. The van der Waals surface area contributed by atoms with E-state index in [1.807, 2.05) is 18.3 Å². The van der Waals surface area contributed by atoms with Gasteiger partial charge in [0.05, 0.1) is 28.5 Å². The van der Waals surface area contributed by atoms with Crippen LogP contribution < -0.4 is 15.1 Å². The van der Waals surface area contributed by atoms with Crippen molar-refractivity contribution in [2.24, 2.45) is 11.8 Å². The van der Waals surface area contributed by atoms with E-state index in [-0.39, 0.29) is 17.6 Å². The highest BCUT2D eigenvalue weighted by atomic mass is 35.5. The highest BCUT2D eigenvalue weighted by Gasteiger charge is 2.41. The SMILES string of the molecule is C[C@@H]1C[C@H](C)CN(c2ccc(N3C(=S)N[C@@H](c4ccccn4)[C@@H]3c3ccn(C(C)(C)C)c3)cc2Cl)C1. The molecule has 0 amide bonds. The second-order valence-corrected chi connectivity index (χ2v) is 12.3. The third kappa shape index (κ3) is 4.85. The predicted molar refractivity (Wildman–Crippen MR) is 154 cm³/mol. The largest absolute Gasteiger partial charge is 0.370 e. The summed E-state index contributed by atoms with van der Waals surface area (Å²) in [4.78, 5) is 9.31. The van der Waals surface area contributed by atoms with Gasteiger partial charge < -0.3 is 19.7 Å². The van der Waals surface area contributed by atoms with Gasteiger partial charge in [0.25, 0.3) is 0 Å². The number of hydrogen-bond donors (Lipinski definition) is 1. The van der Waals surface area contributed by atoms with Gasteiger partial charge in [0.15, 0.2) is 5.11 Å². The highest BCUT2D eigenvalue weighted by Crippen LogP contribution is 2.44. The number of piperidine rings is 1. The van der Waals surface area contributed by atoms with Crippen LogP contribution in [-0.4, -0.2) is 27.8 Å². The number of pyridine rings is 1. The number of anilines is 2. The molecule has 4 heterocycles.